The first kappa shape index (κ1) is 13.9. The molecule has 3 heteroatoms. The van der Waals surface area contributed by atoms with Gasteiger partial charge in [0.2, 0.25) is 0 Å². The number of aliphatic hydroxyl groups is 2. The molecular formula is C11H25NO2. The molecule has 0 saturated heterocycles. The van der Waals surface area contributed by atoms with E-state index in [-0.39, 0.29) is 13.2 Å². The Hall–Kier alpha value is -0.120. The molecule has 0 radical (unpaired) electrons. The van der Waals surface area contributed by atoms with Crippen LogP contribution in [0.5, 0.6) is 0 Å². The van der Waals surface area contributed by atoms with E-state index >= 15 is 0 Å². The minimum atomic E-state index is 0.239. The minimum absolute atomic E-state index is 0.239. The van der Waals surface area contributed by atoms with Crippen molar-refractivity contribution in [1.29, 1.82) is 0 Å². The normalized spacial score (nSPS) is 15.9. The summed E-state index contributed by atoms with van der Waals surface area (Å²) in [5.74, 6) is 0.540. The molecule has 0 aliphatic carbocycles. The lowest BCUT2D eigenvalue weighted by Crippen LogP contribution is -2.40. The van der Waals surface area contributed by atoms with E-state index in [4.69, 9.17) is 10.2 Å². The number of aliphatic hydroxyl groups excluding tert-OH is 2. The van der Waals surface area contributed by atoms with Crippen LogP contribution in [-0.4, -0.2) is 35.5 Å². The van der Waals surface area contributed by atoms with Crippen molar-refractivity contribution in [1.82, 2.24) is 5.32 Å². The first-order valence-electron chi connectivity index (χ1n) is 5.59. The van der Waals surface area contributed by atoms with Crippen LogP contribution in [0.1, 0.15) is 40.0 Å². The third-order valence-corrected chi connectivity index (χ3v) is 2.54. The van der Waals surface area contributed by atoms with Crippen LogP contribution in [-0.2, 0) is 0 Å². The van der Waals surface area contributed by atoms with Crippen LogP contribution >= 0.6 is 0 Å². The predicted molar refractivity (Wildman–Crippen MR) is 59.2 cm³/mol. The Morgan fingerprint density at radius 1 is 1.00 bits per heavy atom. The molecular weight excluding hydrogens is 178 g/mol. The Morgan fingerprint density at radius 2 is 1.64 bits per heavy atom. The van der Waals surface area contributed by atoms with Gasteiger partial charge in [-0.3, -0.25) is 0 Å². The molecule has 14 heavy (non-hydrogen) atoms. The first-order chi connectivity index (χ1) is 6.61. The number of hydrogen-bond acceptors (Lipinski definition) is 3. The van der Waals surface area contributed by atoms with Crippen LogP contribution in [0.15, 0.2) is 0 Å². The van der Waals surface area contributed by atoms with E-state index in [9.17, 15) is 0 Å². The van der Waals surface area contributed by atoms with Crippen LogP contribution < -0.4 is 5.32 Å². The molecule has 0 aromatic carbocycles. The van der Waals surface area contributed by atoms with Gasteiger partial charge in [-0.2, -0.15) is 0 Å². The highest BCUT2D eigenvalue weighted by molar-refractivity contribution is 4.74. The van der Waals surface area contributed by atoms with Crippen molar-refractivity contribution in [3.05, 3.63) is 0 Å². The molecule has 0 aromatic heterocycles. The summed E-state index contributed by atoms with van der Waals surface area (Å²) in [6.07, 6.45) is 2.64. The Balaban J connectivity index is 3.77. The number of hydrogen-bond donors (Lipinski definition) is 3. The average molecular weight is 203 g/mol. The summed E-state index contributed by atoms with van der Waals surface area (Å²) >= 11 is 0. The van der Waals surface area contributed by atoms with Crippen molar-refractivity contribution in [3.8, 4) is 0 Å². The highest BCUT2D eigenvalue weighted by Gasteiger charge is 2.14. The summed E-state index contributed by atoms with van der Waals surface area (Å²) in [6.45, 7) is 6.95. The zero-order valence-corrected chi connectivity index (χ0v) is 9.66. The molecule has 0 aliphatic heterocycles. The van der Waals surface area contributed by atoms with E-state index in [1.165, 1.54) is 0 Å². The van der Waals surface area contributed by atoms with Gasteiger partial charge in [-0.25, -0.2) is 0 Å². The SMILES string of the molecule is CC(CCCO)NC(CCO)C(C)C. The molecule has 3 nitrogen and oxygen atoms in total. The summed E-state index contributed by atoms with van der Waals surface area (Å²) < 4.78 is 0. The molecule has 0 heterocycles. The first-order valence-corrected chi connectivity index (χ1v) is 5.59. The largest absolute Gasteiger partial charge is 0.396 e. The fourth-order valence-corrected chi connectivity index (χ4v) is 1.59. The molecule has 0 fully saturated rings. The van der Waals surface area contributed by atoms with Gasteiger partial charge in [-0.05, 0) is 32.1 Å². The zero-order valence-electron chi connectivity index (χ0n) is 9.66. The van der Waals surface area contributed by atoms with E-state index in [0.717, 1.165) is 19.3 Å². The summed E-state index contributed by atoms with van der Waals surface area (Å²) in [5.41, 5.74) is 0. The zero-order chi connectivity index (χ0) is 11.0. The lowest BCUT2D eigenvalue weighted by Gasteiger charge is -2.25. The Kier molecular flexibility index (Phi) is 8.14. The Labute approximate surface area is 87.5 Å². The molecule has 0 amide bonds. The monoisotopic (exact) mass is 203 g/mol. The standard InChI is InChI=1S/C11H25NO2/c1-9(2)11(6-8-14)12-10(3)5-4-7-13/h9-14H,4-8H2,1-3H3. The van der Waals surface area contributed by atoms with Gasteiger partial charge in [0.05, 0.1) is 0 Å². The number of rotatable bonds is 8. The second-order valence-electron chi connectivity index (χ2n) is 4.30. The smallest absolute Gasteiger partial charge is 0.0445 e. The van der Waals surface area contributed by atoms with Crippen LogP contribution in [0.2, 0.25) is 0 Å². The maximum atomic E-state index is 8.89. The van der Waals surface area contributed by atoms with Crippen molar-refractivity contribution in [2.75, 3.05) is 13.2 Å². The van der Waals surface area contributed by atoms with E-state index < -0.39 is 0 Å². The molecule has 86 valence electrons. The molecule has 0 aliphatic rings. The second kappa shape index (κ2) is 8.21. The molecule has 0 rings (SSSR count). The maximum Gasteiger partial charge on any atom is 0.0445 e. The molecule has 0 bridgehead atoms. The van der Waals surface area contributed by atoms with E-state index in [1.54, 1.807) is 0 Å². The summed E-state index contributed by atoms with van der Waals surface area (Å²) in [4.78, 5) is 0. The fraction of sp³-hybridized carbons (Fsp3) is 1.00. The van der Waals surface area contributed by atoms with Crippen LogP contribution in [0.3, 0.4) is 0 Å². The van der Waals surface area contributed by atoms with Crippen LogP contribution in [0.25, 0.3) is 0 Å². The fourth-order valence-electron chi connectivity index (χ4n) is 1.59. The van der Waals surface area contributed by atoms with Crippen molar-refractivity contribution in [2.24, 2.45) is 5.92 Å². The van der Waals surface area contributed by atoms with Gasteiger partial charge < -0.3 is 15.5 Å². The highest BCUT2D eigenvalue weighted by atomic mass is 16.3. The van der Waals surface area contributed by atoms with Gasteiger partial charge in [-0.15, -0.1) is 0 Å². The lowest BCUT2D eigenvalue weighted by atomic mass is 9.99. The lowest BCUT2D eigenvalue weighted by molar-refractivity contribution is 0.228. The van der Waals surface area contributed by atoms with Gasteiger partial charge in [0.25, 0.3) is 0 Å². The number of nitrogens with one attached hydrogen (secondary N) is 1. The third kappa shape index (κ3) is 6.35. The van der Waals surface area contributed by atoms with Gasteiger partial charge in [0, 0.05) is 25.3 Å². The summed E-state index contributed by atoms with van der Waals surface area (Å²) in [6, 6.07) is 0.801. The Bertz CT molecular complexity index is 128. The highest BCUT2D eigenvalue weighted by Crippen LogP contribution is 2.08. The molecule has 0 aromatic rings. The van der Waals surface area contributed by atoms with E-state index in [2.05, 4.69) is 26.1 Å². The van der Waals surface area contributed by atoms with Crippen molar-refractivity contribution in [2.45, 2.75) is 52.1 Å². The average Bonchev–Trinajstić information content (AvgIpc) is 2.14. The molecule has 2 atom stereocenters. The van der Waals surface area contributed by atoms with Gasteiger partial charge in [0.1, 0.15) is 0 Å². The quantitative estimate of drug-likeness (QED) is 0.554. The summed E-state index contributed by atoms with van der Waals surface area (Å²) in [7, 11) is 0. The molecule has 0 saturated carbocycles. The maximum absolute atomic E-state index is 8.89. The molecule has 2 unspecified atom stereocenters. The van der Waals surface area contributed by atoms with Crippen molar-refractivity contribution < 1.29 is 10.2 Å². The van der Waals surface area contributed by atoms with Gasteiger partial charge in [0.15, 0.2) is 0 Å². The summed E-state index contributed by atoms with van der Waals surface area (Å²) in [5, 5.41) is 21.1. The van der Waals surface area contributed by atoms with Gasteiger partial charge in [-0.1, -0.05) is 13.8 Å². The minimum Gasteiger partial charge on any atom is -0.396 e. The second-order valence-corrected chi connectivity index (χ2v) is 4.30. The van der Waals surface area contributed by atoms with Crippen molar-refractivity contribution >= 4 is 0 Å². The van der Waals surface area contributed by atoms with Crippen LogP contribution in [0, 0.1) is 5.92 Å². The molecule has 3 N–H and O–H groups in total. The van der Waals surface area contributed by atoms with E-state index in [1.807, 2.05) is 0 Å². The molecule has 0 spiro atoms. The predicted octanol–water partition coefficient (Wildman–Crippen LogP) is 1.14. The van der Waals surface area contributed by atoms with E-state index in [0.29, 0.717) is 18.0 Å². The van der Waals surface area contributed by atoms with Gasteiger partial charge >= 0.3 is 0 Å². The topological polar surface area (TPSA) is 52.5 Å². The third-order valence-electron chi connectivity index (χ3n) is 2.54. The van der Waals surface area contributed by atoms with Crippen LogP contribution in [0.4, 0.5) is 0 Å². The Morgan fingerprint density at radius 3 is 2.07 bits per heavy atom. The van der Waals surface area contributed by atoms with Crippen molar-refractivity contribution in [3.63, 3.8) is 0 Å².